The first-order valence-electron chi connectivity index (χ1n) is 6.78. The van der Waals surface area contributed by atoms with Crippen molar-refractivity contribution in [1.29, 1.82) is 0 Å². The highest BCUT2D eigenvalue weighted by Gasteiger charge is 2.25. The number of amides is 1. The summed E-state index contributed by atoms with van der Waals surface area (Å²) in [6, 6.07) is 7.55. The van der Waals surface area contributed by atoms with E-state index in [9.17, 15) is 14.7 Å². The average molecular weight is 278 g/mol. The number of hydrogen-bond acceptors (Lipinski definition) is 3. The Morgan fingerprint density at radius 1 is 1.30 bits per heavy atom. The van der Waals surface area contributed by atoms with Crippen LogP contribution in [0.5, 0.6) is 0 Å². The summed E-state index contributed by atoms with van der Waals surface area (Å²) >= 11 is 0. The second-order valence-corrected chi connectivity index (χ2v) is 5.00. The molecule has 110 valence electrons. The van der Waals surface area contributed by atoms with Crippen LogP contribution in [0.1, 0.15) is 25.8 Å². The fraction of sp³-hybridized carbons (Fsp3) is 0.467. The normalized spacial score (nSPS) is 15.2. The highest BCUT2D eigenvalue weighted by atomic mass is 16.4. The van der Waals surface area contributed by atoms with Gasteiger partial charge in [0.05, 0.1) is 6.04 Å². The molecule has 0 aliphatic heterocycles. The topological polar surface area (TPSA) is 92.4 Å². The molecule has 0 saturated heterocycles. The summed E-state index contributed by atoms with van der Waals surface area (Å²) < 4.78 is 0. The van der Waals surface area contributed by atoms with E-state index in [0.29, 0.717) is 0 Å². The van der Waals surface area contributed by atoms with Gasteiger partial charge in [-0.15, -0.1) is 0 Å². The summed E-state index contributed by atoms with van der Waals surface area (Å²) in [5.74, 6) is -1.46. The third-order valence-corrected chi connectivity index (χ3v) is 3.46. The summed E-state index contributed by atoms with van der Waals surface area (Å²) in [4.78, 5) is 23.2. The Morgan fingerprint density at radius 2 is 1.90 bits per heavy atom. The SMILES string of the molecule is CC[C@@H](C)[C@H](N)C(=O)N[C@H](Cc1ccccc1)C(=O)O. The van der Waals surface area contributed by atoms with Crippen LogP contribution in [-0.4, -0.2) is 29.1 Å². The number of nitrogens with one attached hydrogen (secondary N) is 1. The summed E-state index contributed by atoms with van der Waals surface area (Å²) in [6.07, 6.45) is 1.01. The fourth-order valence-electron chi connectivity index (χ4n) is 1.83. The van der Waals surface area contributed by atoms with Gasteiger partial charge in [0.2, 0.25) is 5.91 Å². The van der Waals surface area contributed by atoms with Crippen molar-refractivity contribution in [2.24, 2.45) is 11.7 Å². The van der Waals surface area contributed by atoms with Crippen molar-refractivity contribution in [3.8, 4) is 0 Å². The monoisotopic (exact) mass is 278 g/mol. The standard InChI is InChI=1S/C15H22N2O3/c1-3-10(2)13(16)14(18)17-12(15(19)20)9-11-7-5-4-6-8-11/h4-8,10,12-13H,3,9,16H2,1-2H3,(H,17,18)(H,19,20)/t10-,12-,13+/m1/s1. The van der Waals surface area contributed by atoms with Crippen LogP contribution in [0.2, 0.25) is 0 Å². The molecule has 0 aliphatic rings. The number of hydrogen-bond donors (Lipinski definition) is 3. The molecular formula is C15H22N2O3. The van der Waals surface area contributed by atoms with E-state index in [1.165, 1.54) is 0 Å². The van der Waals surface area contributed by atoms with Gasteiger partial charge in [0, 0.05) is 6.42 Å². The Morgan fingerprint density at radius 3 is 2.40 bits per heavy atom. The first-order chi connectivity index (χ1) is 9.45. The lowest BCUT2D eigenvalue weighted by molar-refractivity contribution is -0.142. The van der Waals surface area contributed by atoms with Gasteiger partial charge in [0.1, 0.15) is 6.04 Å². The van der Waals surface area contributed by atoms with E-state index in [4.69, 9.17) is 5.73 Å². The molecule has 0 spiro atoms. The van der Waals surface area contributed by atoms with Crippen molar-refractivity contribution < 1.29 is 14.7 Å². The minimum atomic E-state index is -1.06. The quantitative estimate of drug-likeness (QED) is 0.698. The maximum atomic E-state index is 11.9. The first kappa shape index (κ1) is 16.2. The molecule has 1 rings (SSSR count). The van der Waals surface area contributed by atoms with Gasteiger partial charge in [-0.05, 0) is 11.5 Å². The average Bonchev–Trinajstić information content (AvgIpc) is 2.45. The maximum Gasteiger partial charge on any atom is 0.326 e. The molecule has 4 N–H and O–H groups in total. The van der Waals surface area contributed by atoms with E-state index in [0.717, 1.165) is 12.0 Å². The third-order valence-electron chi connectivity index (χ3n) is 3.46. The lowest BCUT2D eigenvalue weighted by atomic mass is 9.98. The molecule has 0 aromatic heterocycles. The van der Waals surface area contributed by atoms with E-state index in [1.807, 2.05) is 44.2 Å². The van der Waals surface area contributed by atoms with E-state index in [2.05, 4.69) is 5.32 Å². The minimum Gasteiger partial charge on any atom is -0.480 e. The number of carbonyl (C=O) groups is 2. The second kappa shape index (κ2) is 7.65. The van der Waals surface area contributed by atoms with Gasteiger partial charge in [-0.3, -0.25) is 4.79 Å². The molecule has 0 unspecified atom stereocenters. The zero-order valence-electron chi connectivity index (χ0n) is 11.9. The Hall–Kier alpha value is -1.88. The third kappa shape index (κ3) is 4.66. The van der Waals surface area contributed by atoms with Crippen molar-refractivity contribution >= 4 is 11.9 Å². The van der Waals surface area contributed by atoms with Crippen LogP contribution in [0.15, 0.2) is 30.3 Å². The van der Waals surface area contributed by atoms with Gasteiger partial charge >= 0.3 is 5.97 Å². The summed E-state index contributed by atoms with van der Waals surface area (Å²) in [5.41, 5.74) is 6.67. The predicted octanol–water partition coefficient (Wildman–Crippen LogP) is 1.17. The summed E-state index contributed by atoms with van der Waals surface area (Å²) in [5, 5.41) is 11.7. The van der Waals surface area contributed by atoms with Crippen molar-refractivity contribution in [1.82, 2.24) is 5.32 Å². The number of carbonyl (C=O) groups excluding carboxylic acids is 1. The molecule has 1 aromatic rings. The van der Waals surface area contributed by atoms with Crippen molar-refractivity contribution in [2.45, 2.75) is 38.8 Å². The van der Waals surface area contributed by atoms with Crippen molar-refractivity contribution in [3.63, 3.8) is 0 Å². The molecule has 1 aromatic carbocycles. The number of aliphatic carboxylic acids is 1. The Balaban J connectivity index is 2.68. The summed E-state index contributed by atoms with van der Waals surface area (Å²) in [7, 11) is 0. The van der Waals surface area contributed by atoms with Crippen LogP contribution in [0.4, 0.5) is 0 Å². The van der Waals surface area contributed by atoms with Crippen molar-refractivity contribution in [2.75, 3.05) is 0 Å². The maximum absolute atomic E-state index is 11.9. The molecule has 0 heterocycles. The highest BCUT2D eigenvalue weighted by Crippen LogP contribution is 2.07. The Labute approximate surface area is 119 Å². The van der Waals surface area contributed by atoms with Gasteiger partial charge in [-0.2, -0.15) is 0 Å². The van der Waals surface area contributed by atoms with E-state index >= 15 is 0 Å². The van der Waals surface area contributed by atoms with Crippen LogP contribution in [-0.2, 0) is 16.0 Å². The molecule has 5 nitrogen and oxygen atoms in total. The van der Waals surface area contributed by atoms with Gasteiger partial charge in [0.25, 0.3) is 0 Å². The van der Waals surface area contributed by atoms with Crippen LogP contribution < -0.4 is 11.1 Å². The molecule has 5 heteroatoms. The first-order valence-corrected chi connectivity index (χ1v) is 6.78. The molecular weight excluding hydrogens is 256 g/mol. The van der Waals surface area contributed by atoms with Crippen LogP contribution in [0.25, 0.3) is 0 Å². The largest absolute Gasteiger partial charge is 0.480 e. The number of benzene rings is 1. The van der Waals surface area contributed by atoms with Gasteiger partial charge < -0.3 is 16.2 Å². The van der Waals surface area contributed by atoms with Gasteiger partial charge in [0.15, 0.2) is 0 Å². The van der Waals surface area contributed by atoms with Gasteiger partial charge in [-0.25, -0.2) is 4.79 Å². The van der Waals surface area contributed by atoms with Crippen LogP contribution in [0.3, 0.4) is 0 Å². The number of rotatable bonds is 7. The molecule has 0 bridgehead atoms. The van der Waals surface area contributed by atoms with E-state index < -0.39 is 24.0 Å². The van der Waals surface area contributed by atoms with Gasteiger partial charge in [-0.1, -0.05) is 50.6 Å². The minimum absolute atomic E-state index is 0.0150. The Kier molecular flexibility index (Phi) is 6.18. The molecule has 0 radical (unpaired) electrons. The van der Waals surface area contributed by atoms with Crippen molar-refractivity contribution in [3.05, 3.63) is 35.9 Å². The molecule has 3 atom stereocenters. The smallest absolute Gasteiger partial charge is 0.326 e. The molecule has 0 fully saturated rings. The second-order valence-electron chi connectivity index (χ2n) is 5.00. The van der Waals surface area contributed by atoms with Crippen LogP contribution >= 0.6 is 0 Å². The van der Waals surface area contributed by atoms with E-state index in [-0.39, 0.29) is 12.3 Å². The zero-order chi connectivity index (χ0) is 15.1. The Bertz CT molecular complexity index is 448. The highest BCUT2D eigenvalue weighted by molar-refractivity contribution is 5.87. The summed E-state index contributed by atoms with van der Waals surface area (Å²) in [6.45, 7) is 3.81. The number of carboxylic acids is 1. The predicted molar refractivity (Wildman–Crippen MR) is 77.1 cm³/mol. The lowest BCUT2D eigenvalue weighted by Gasteiger charge is -2.21. The number of nitrogens with two attached hydrogens (primary N) is 1. The lowest BCUT2D eigenvalue weighted by Crippen LogP contribution is -2.51. The van der Waals surface area contributed by atoms with E-state index in [1.54, 1.807) is 0 Å². The number of carboxylic acid groups (broad SMARTS) is 1. The molecule has 20 heavy (non-hydrogen) atoms. The fourth-order valence-corrected chi connectivity index (χ4v) is 1.83. The zero-order valence-corrected chi connectivity index (χ0v) is 11.9. The van der Waals surface area contributed by atoms with Crippen LogP contribution in [0, 0.1) is 5.92 Å². The molecule has 0 saturated carbocycles. The molecule has 0 aliphatic carbocycles. The molecule has 1 amide bonds.